The SMILES string of the molecule is CC(C)N(/N=C/[C@H]1/C(=C\N2CCOC2=O)C[C@@H]1c1ccc(F)cc1)C(C)C. The van der Waals surface area contributed by atoms with Crippen LogP contribution in [0.3, 0.4) is 0 Å². The van der Waals surface area contributed by atoms with Gasteiger partial charge < -0.3 is 4.74 Å². The molecule has 27 heavy (non-hydrogen) atoms. The van der Waals surface area contributed by atoms with E-state index in [4.69, 9.17) is 9.84 Å². The lowest BCUT2D eigenvalue weighted by Crippen LogP contribution is -2.35. The van der Waals surface area contributed by atoms with Crippen LogP contribution in [0.2, 0.25) is 0 Å². The van der Waals surface area contributed by atoms with Crippen molar-refractivity contribution in [3.8, 4) is 0 Å². The first kappa shape index (κ1) is 19.4. The third kappa shape index (κ3) is 4.31. The number of halogens is 1. The maximum Gasteiger partial charge on any atom is 0.413 e. The van der Waals surface area contributed by atoms with Crippen molar-refractivity contribution in [2.24, 2.45) is 11.0 Å². The molecule has 1 saturated carbocycles. The van der Waals surface area contributed by atoms with Crippen molar-refractivity contribution in [2.45, 2.75) is 52.1 Å². The minimum Gasteiger partial charge on any atom is -0.447 e. The molecule has 1 aromatic carbocycles. The van der Waals surface area contributed by atoms with E-state index in [0.717, 1.165) is 17.6 Å². The van der Waals surface area contributed by atoms with E-state index in [1.807, 2.05) is 24.5 Å². The zero-order chi connectivity index (χ0) is 19.6. The first-order chi connectivity index (χ1) is 12.9. The van der Waals surface area contributed by atoms with E-state index in [9.17, 15) is 9.18 Å². The van der Waals surface area contributed by atoms with E-state index in [-0.39, 0.29) is 23.7 Å². The number of nitrogens with zero attached hydrogens (tertiary/aromatic N) is 3. The highest BCUT2D eigenvalue weighted by atomic mass is 19.1. The Hall–Kier alpha value is -2.37. The number of hydrazone groups is 1. The molecule has 1 aliphatic carbocycles. The summed E-state index contributed by atoms with van der Waals surface area (Å²) in [7, 11) is 0. The van der Waals surface area contributed by atoms with Crippen molar-refractivity contribution in [3.63, 3.8) is 0 Å². The predicted molar refractivity (Wildman–Crippen MR) is 104 cm³/mol. The molecule has 1 aromatic rings. The predicted octanol–water partition coefficient (Wildman–Crippen LogP) is 4.37. The van der Waals surface area contributed by atoms with Gasteiger partial charge in [0.1, 0.15) is 12.4 Å². The molecule has 1 heterocycles. The van der Waals surface area contributed by atoms with Gasteiger partial charge in [-0.3, -0.25) is 9.91 Å². The largest absolute Gasteiger partial charge is 0.447 e. The minimum atomic E-state index is -0.297. The smallest absolute Gasteiger partial charge is 0.413 e. The number of allylic oxidation sites excluding steroid dienone is 1. The summed E-state index contributed by atoms with van der Waals surface area (Å²) in [6.07, 6.45) is 4.41. The highest BCUT2D eigenvalue weighted by Crippen LogP contribution is 2.46. The second-order valence-corrected chi connectivity index (χ2v) is 7.73. The van der Waals surface area contributed by atoms with Crippen LogP contribution in [0.25, 0.3) is 0 Å². The van der Waals surface area contributed by atoms with Gasteiger partial charge in [0.15, 0.2) is 0 Å². The molecule has 2 aliphatic rings. The quantitative estimate of drug-likeness (QED) is 0.549. The van der Waals surface area contributed by atoms with Crippen molar-refractivity contribution in [3.05, 3.63) is 47.4 Å². The van der Waals surface area contributed by atoms with Crippen LogP contribution in [0, 0.1) is 11.7 Å². The molecule has 5 nitrogen and oxygen atoms in total. The van der Waals surface area contributed by atoms with Gasteiger partial charge in [-0.1, -0.05) is 12.1 Å². The minimum absolute atomic E-state index is 0.0869. The summed E-state index contributed by atoms with van der Waals surface area (Å²) >= 11 is 0. The van der Waals surface area contributed by atoms with Gasteiger partial charge in [0.2, 0.25) is 0 Å². The molecule has 0 N–H and O–H groups in total. The summed E-state index contributed by atoms with van der Waals surface area (Å²) in [5.74, 6) is 0.0916. The molecule has 2 fully saturated rings. The Labute approximate surface area is 160 Å². The Morgan fingerprint density at radius 3 is 2.44 bits per heavy atom. The van der Waals surface area contributed by atoms with Gasteiger partial charge in [0, 0.05) is 30.4 Å². The van der Waals surface area contributed by atoms with Crippen molar-refractivity contribution < 1.29 is 13.9 Å². The van der Waals surface area contributed by atoms with E-state index in [2.05, 4.69) is 32.7 Å². The number of benzene rings is 1. The summed E-state index contributed by atoms with van der Waals surface area (Å²) in [4.78, 5) is 13.4. The molecule has 0 aromatic heterocycles. The lowest BCUT2D eigenvalue weighted by Gasteiger charge is -2.39. The molecule has 0 bridgehead atoms. The average molecular weight is 373 g/mol. The highest BCUT2D eigenvalue weighted by Gasteiger charge is 2.37. The summed E-state index contributed by atoms with van der Waals surface area (Å²) in [6.45, 7) is 9.48. The Morgan fingerprint density at radius 2 is 1.89 bits per heavy atom. The molecule has 0 radical (unpaired) electrons. The van der Waals surface area contributed by atoms with Gasteiger partial charge in [-0.05, 0) is 63.3 Å². The van der Waals surface area contributed by atoms with Gasteiger partial charge in [0.05, 0.1) is 6.54 Å². The molecule has 1 amide bonds. The Bertz CT molecular complexity index is 719. The van der Waals surface area contributed by atoms with Crippen molar-refractivity contribution in [1.82, 2.24) is 9.91 Å². The summed E-state index contributed by atoms with van der Waals surface area (Å²) in [5, 5.41) is 6.81. The number of hydrogen-bond acceptors (Lipinski definition) is 4. The normalized spacial score (nSPS) is 24.2. The van der Waals surface area contributed by atoms with Crippen LogP contribution in [0.15, 0.2) is 41.1 Å². The van der Waals surface area contributed by atoms with Gasteiger partial charge in [0.25, 0.3) is 0 Å². The molecule has 0 unspecified atom stereocenters. The van der Waals surface area contributed by atoms with Crippen LogP contribution in [-0.4, -0.2) is 47.5 Å². The second kappa shape index (κ2) is 8.11. The number of carbonyl (C=O) groups is 1. The highest BCUT2D eigenvalue weighted by molar-refractivity contribution is 5.73. The monoisotopic (exact) mass is 373 g/mol. The maximum atomic E-state index is 13.3. The topological polar surface area (TPSA) is 45.1 Å². The summed E-state index contributed by atoms with van der Waals surface area (Å²) < 4.78 is 18.3. The standard InChI is InChI=1S/C21H28FN3O2/c1-14(2)25(15(3)4)23-12-20-17(13-24-9-10-27-21(24)26)11-19(20)16-5-7-18(22)8-6-16/h5-8,12-15,19-20H,9-11H2,1-4H3/b17-13-,23-12+/t19-,20+/m1/s1. The van der Waals surface area contributed by atoms with Crippen LogP contribution in [0.1, 0.15) is 45.6 Å². The lowest BCUT2D eigenvalue weighted by molar-refractivity contribution is 0.165. The Kier molecular flexibility index (Phi) is 5.82. The lowest BCUT2D eigenvalue weighted by atomic mass is 9.67. The van der Waals surface area contributed by atoms with Crippen LogP contribution in [0.5, 0.6) is 0 Å². The van der Waals surface area contributed by atoms with Crippen molar-refractivity contribution >= 4 is 12.3 Å². The number of carbonyl (C=O) groups excluding carboxylic acids is 1. The van der Waals surface area contributed by atoms with Crippen molar-refractivity contribution in [2.75, 3.05) is 13.2 Å². The van der Waals surface area contributed by atoms with E-state index in [1.54, 1.807) is 4.90 Å². The second-order valence-electron chi connectivity index (χ2n) is 7.73. The van der Waals surface area contributed by atoms with Gasteiger partial charge in [-0.25, -0.2) is 9.18 Å². The number of ether oxygens (including phenoxy) is 1. The molecule has 0 spiro atoms. The van der Waals surface area contributed by atoms with Gasteiger partial charge >= 0.3 is 6.09 Å². The summed E-state index contributed by atoms with van der Waals surface area (Å²) in [5.41, 5.74) is 2.24. The number of hydrogen-bond donors (Lipinski definition) is 0. The fourth-order valence-electron chi connectivity index (χ4n) is 3.72. The first-order valence-corrected chi connectivity index (χ1v) is 9.58. The van der Waals surface area contributed by atoms with Crippen LogP contribution >= 0.6 is 0 Å². The third-order valence-electron chi connectivity index (χ3n) is 5.15. The van der Waals surface area contributed by atoms with Crippen LogP contribution in [-0.2, 0) is 4.74 Å². The zero-order valence-corrected chi connectivity index (χ0v) is 16.4. The zero-order valence-electron chi connectivity index (χ0n) is 16.4. The fourth-order valence-corrected chi connectivity index (χ4v) is 3.72. The first-order valence-electron chi connectivity index (χ1n) is 9.58. The maximum absolute atomic E-state index is 13.3. The molecular formula is C21H28FN3O2. The molecule has 2 atom stereocenters. The number of rotatable bonds is 6. The fraction of sp³-hybridized carbons (Fsp3) is 0.524. The van der Waals surface area contributed by atoms with Crippen molar-refractivity contribution in [1.29, 1.82) is 0 Å². The summed E-state index contributed by atoms with van der Waals surface area (Å²) in [6, 6.07) is 7.27. The molecule has 3 rings (SSSR count). The van der Waals surface area contributed by atoms with Crippen LogP contribution < -0.4 is 0 Å². The van der Waals surface area contributed by atoms with Gasteiger partial charge in [-0.15, -0.1) is 0 Å². The van der Waals surface area contributed by atoms with E-state index in [0.29, 0.717) is 25.2 Å². The molecular weight excluding hydrogens is 345 g/mol. The Morgan fingerprint density at radius 1 is 1.22 bits per heavy atom. The molecule has 1 aliphatic heterocycles. The molecule has 1 saturated heterocycles. The third-order valence-corrected chi connectivity index (χ3v) is 5.15. The van der Waals surface area contributed by atoms with Crippen LogP contribution in [0.4, 0.5) is 9.18 Å². The molecule has 6 heteroatoms. The average Bonchev–Trinajstić information content (AvgIpc) is 3.00. The molecule has 146 valence electrons. The van der Waals surface area contributed by atoms with E-state index < -0.39 is 0 Å². The number of amides is 1. The van der Waals surface area contributed by atoms with Gasteiger partial charge in [-0.2, -0.15) is 5.10 Å². The van der Waals surface area contributed by atoms with E-state index in [1.165, 1.54) is 12.1 Å². The number of cyclic esters (lactones) is 1. The van der Waals surface area contributed by atoms with E-state index >= 15 is 0 Å². The Balaban J connectivity index is 1.84.